The van der Waals surface area contributed by atoms with Gasteiger partial charge in [-0.1, -0.05) is 32.4 Å². The Balaban J connectivity index is 3.11. The molecule has 0 amide bonds. The monoisotopic (exact) mass is 294 g/mol. The third kappa shape index (κ3) is 4.00. The Labute approximate surface area is 116 Å². The molecule has 0 atom stereocenters. The van der Waals surface area contributed by atoms with Crippen molar-refractivity contribution in [3.8, 4) is 0 Å². The summed E-state index contributed by atoms with van der Waals surface area (Å²) in [6.07, 6.45) is -2.02. The molecule has 19 heavy (non-hydrogen) atoms. The van der Waals surface area contributed by atoms with Crippen LogP contribution in [0.4, 0.5) is 19.0 Å². The van der Waals surface area contributed by atoms with Crippen molar-refractivity contribution in [1.82, 2.24) is 4.98 Å². The number of aromatic nitrogens is 1. The molecule has 2 nitrogen and oxygen atoms in total. The molecule has 1 rings (SSSR count). The van der Waals surface area contributed by atoms with Gasteiger partial charge in [-0.2, -0.15) is 13.2 Å². The van der Waals surface area contributed by atoms with E-state index < -0.39 is 11.7 Å². The molecule has 0 radical (unpaired) electrons. The normalized spacial score (nSPS) is 12.6. The molecular weight excluding hydrogens is 277 g/mol. The second kappa shape index (κ2) is 5.99. The summed E-state index contributed by atoms with van der Waals surface area (Å²) in [7, 11) is 0. The first kappa shape index (κ1) is 16.1. The molecule has 6 heteroatoms. The fourth-order valence-electron chi connectivity index (χ4n) is 2.01. The summed E-state index contributed by atoms with van der Waals surface area (Å²) >= 11 is 5.66. The van der Waals surface area contributed by atoms with Crippen molar-refractivity contribution in [2.24, 2.45) is 0 Å². The predicted molar refractivity (Wildman–Crippen MR) is 71.5 cm³/mol. The topological polar surface area (TPSA) is 24.9 Å². The average Bonchev–Trinajstić information content (AvgIpc) is 2.34. The largest absolute Gasteiger partial charge is 0.416 e. The molecule has 0 unspecified atom stereocenters. The van der Waals surface area contributed by atoms with Crippen LogP contribution in [-0.4, -0.2) is 10.5 Å². The van der Waals surface area contributed by atoms with Crippen molar-refractivity contribution in [1.29, 1.82) is 0 Å². The first-order valence-electron chi connectivity index (χ1n) is 6.29. The highest BCUT2D eigenvalue weighted by Crippen LogP contribution is 2.33. The van der Waals surface area contributed by atoms with Crippen LogP contribution in [0.2, 0.25) is 5.15 Å². The summed E-state index contributed by atoms with van der Waals surface area (Å²) in [6, 6.07) is 1.83. The van der Waals surface area contributed by atoms with Crippen LogP contribution >= 0.6 is 11.6 Å². The molecule has 1 aromatic rings. The molecular formula is C13H18ClF3N2. The van der Waals surface area contributed by atoms with Gasteiger partial charge in [0.15, 0.2) is 0 Å². The molecule has 0 spiro atoms. The van der Waals surface area contributed by atoms with Crippen molar-refractivity contribution in [3.63, 3.8) is 0 Å². The summed E-state index contributed by atoms with van der Waals surface area (Å²) in [6.45, 7) is 5.99. The minimum Gasteiger partial charge on any atom is -0.365 e. The SMILES string of the molecule is CCC(CC)(CC)Nc1cc(C(F)(F)F)cc(Cl)n1. The molecule has 0 fully saturated rings. The molecule has 0 aromatic carbocycles. The van der Waals surface area contributed by atoms with E-state index in [0.29, 0.717) is 0 Å². The van der Waals surface area contributed by atoms with Crippen LogP contribution < -0.4 is 5.32 Å². The zero-order valence-corrected chi connectivity index (χ0v) is 12.0. The average molecular weight is 295 g/mol. The van der Waals surface area contributed by atoms with Crippen LogP contribution in [0.5, 0.6) is 0 Å². The van der Waals surface area contributed by atoms with Gasteiger partial charge in [0.05, 0.1) is 5.56 Å². The lowest BCUT2D eigenvalue weighted by molar-refractivity contribution is -0.137. The lowest BCUT2D eigenvalue weighted by Gasteiger charge is -2.32. The van der Waals surface area contributed by atoms with Gasteiger partial charge in [0, 0.05) is 5.54 Å². The van der Waals surface area contributed by atoms with E-state index in [1.54, 1.807) is 0 Å². The number of anilines is 1. The van der Waals surface area contributed by atoms with E-state index in [9.17, 15) is 13.2 Å². The maximum Gasteiger partial charge on any atom is 0.416 e. The van der Waals surface area contributed by atoms with Crippen LogP contribution in [0.1, 0.15) is 45.6 Å². The van der Waals surface area contributed by atoms with Crippen molar-refractivity contribution in [2.45, 2.75) is 51.7 Å². The van der Waals surface area contributed by atoms with E-state index in [2.05, 4.69) is 10.3 Å². The van der Waals surface area contributed by atoms with Crippen molar-refractivity contribution in [3.05, 3.63) is 22.8 Å². The van der Waals surface area contributed by atoms with Gasteiger partial charge in [0.1, 0.15) is 11.0 Å². The van der Waals surface area contributed by atoms with E-state index in [1.807, 2.05) is 20.8 Å². The highest BCUT2D eigenvalue weighted by molar-refractivity contribution is 6.29. The van der Waals surface area contributed by atoms with Crippen LogP contribution in [0.25, 0.3) is 0 Å². The smallest absolute Gasteiger partial charge is 0.365 e. The quantitative estimate of drug-likeness (QED) is 0.761. The number of pyridine rings is 1. The Bertz CT molecular complexity index is 420. The van der Waals surface area contributed by atoms with E-state index in [4.69, 9.17) is 11.6 Å². The Morgan fingerprint density at radius 2 is 1.63 bits per heavy atom. The van der Waals surface area contributed by atoms with Crippen LogP contribution in [0.15, 0.2) is 12.1 Å². The lowest BCUT2D eigenvalue weighted by atomic mass is 9.90. The predicted octanol–water partition coefficient (Wildman–Crippen LogP) is 5.13. The van der Waals surface area contributed by atoms with E-state index >= 15 is 0 Å². The number of hydrogen-bond donors (Lipinski definition) is 1. The highest BCUT2D eigenvalue weighted by Gasteiger charge is 2.32. The Morgan fingerprint density at radius 3 is 2.05 bits per heavy atom. The number of nitrogens with zero attached hydrogens (tertiary/aromatic N) is 1. The number of hydrogen-bond acceptors (Lipinski definition) is 2. The van der Waals surface area contributed by atoms with E-state index in [-0.39, 0.29) is 16.5 Å². The fourth-order valence-corrected chi connectivity index (χ4v) is 2.22. The zero-order valence-electron chi connectivity index (χ0n) is 11.2. The third-order valence-electron chi connectivity index (χ3n) is 3.54. The third-order valence-corrected chi connectivity index (χ3v) is 3.74. The molecule has 1 heterocycles. The standard InChI is InChI=1S/C13H18ClF3N2/c1-4-12(5-2,6-3)19-11-8-9(13(15,16)17)7-10(14)18-11/h7-8H,4-6H2,1-3H3,(H,18,19). The molecule has 108 valence electrons. The summed E-state index contributed by atoms with van der Waals surface area (Å²) < 4.78 is 38.1. The summed E-state index contributed by atoms with van der Waals surface area (Å²) in [5.74, 6) is 0.172. The molecule has 0 aliphatic carbocycles. The van der Waals surface area contributed by atoms with Crippen LogP contribution in [-0.2, 0) is 6.18 Å². The number of nitrogens with one attached hydrogen (secondary N) is 1. The van der Waals surface area contributed by atoms with Gasteiger partial charge < -0.3 is 5.32 Å². The molecule has 0 aliphatic rings. The first-order chi connectivity index (χ1) is 8.76. The molecule has 0 saturated heterocycles. The fraction of sp³-hybridized carbons (Fsp3) is 0.615. The lowest BCUT2D eigenvalue weighted by Crippen LogP contribution is -2.36. The van der Waals surface area contributed by atoms with Gasteiger partial charge in [-0.3, -0.25) is 0 Å². The van der Waals surface area contributed by atoms with Gasteiger partial charge in [-0.25, -0.2) is 4.98 Å². The van der Waals surface area contributed by atoms with E-state index in [0.717, 1.165) is 31.4 Å². The molecule has 0 saturated carbocycles. The Morgan fingerprint density at radius 1 is 1.11 bits per heavy atom. The highest BCUT2D eigenvalue weighted by atomic mass is 35.5. The van der Waals surface area contributed by atoms with Crippen LogP contribution in [0.3, 0.4) is 0 Å². The summed E-state index contributed by atoms with van der Waals surface area (Å²) in [4.78, 5) is 3.93. The minimum atomic E-state index is -4.42. The van der Waals surface area contributed by atoms with Gasteiger partial charge in [-0.15, -0.1) is 0 Å². The van der Waals surface area contributed by atoms with Crippen molar-refractivity contribution >= 4 is 17.4 Å². The molecule has 1 N–H and O–H groups in total. The van der Waals surface area contributed by atoms with Crippen molar-refractivity contribution < 1.29 is 13.2 Å². The molecule has 1 aromatic heterocycles. The van der Waals surface area contributed by atoms with Gasteiger partial charge in [0.2, 0.25) is 0 Å². The number of rotatable bonds is 5. The van der Waals surface area contributed by atoms with Crippen LogP contribution in [0, 0.1) is 0 Å². The van der Waals surface area contributed by atoms with Gasteiger partial charge in [-0.05, 0) is 31.4 Å². The Kier molecular flexibility index (Phi) is 5.07. The molecule has 0 bridgehead atoms. The van der Waals surface area contributed by atoms with E-state index in [1.165, 1.54) is 0 Å². The second-order valence-corrected chi connectivity index (χ2v) is 4.91. The first-order valence-corrected chi connectivity index (χ1v) is 6.67. The minimum absolute atomic E-state index is 0.158. The number of halogens is 4. The summed E-state index contributed by atoms with van der Waals surface area (Å²) in [5, 5.41) is 2.94. The summed E-state index contributed by atoms with van der Waals surface area (Å²) in [5.41, 5.74) is -1.03. The zero-order chi connectivity index (χ0) is 14.7. The maximum atomic E-state index is 12.7. The van der Waals surface area contributed by atoms with Gasteiger partial charge >= 0.3 is 6.18 Å². The molecule has 0 aliphatic heterocycles. The number of alkyl halides is 3. The second-order valence-electron chi connectivity index (χ2n) is 4.53. The maximum absolute atomic E-state index is 12.7. The Hall–Kier alpha value is -0.970. The van der Waals surface area contributed by atoms with Gasteiger partial charge in [0.25, 0.3) is 0 Å². The van der Waals surface area contributed by atoms with Crippen molar-refractivity contribution in [2.75, 3.05) is 5.32 Å².